The van der Waals surface area contributed by atoms with E-state index >= 15 is 0 Å². The number of anilines is 1. The van der Waals surface area contributed by atoms with Crippen molar-refractivity contribution < 1.29 is 22.9 Å². The smallest absolute Gasteiger partial charge is 0.271 e. The summed E-state index contributed by atoms with van der Waals surface area (Å²) >= 11 is 0. The second-order valence-corrected chi connectivity index (χ2v) is 9.15. The van der Waals surface area contributed by atoms with Crippen molar-refractivity contribution in [2.45, 2.75) is 24.7 Å². The van der Waals surface area contributed by atoms with E-state index in [1.165, 1.54) is 53.9 Å². The van der Waals surface area contributed by atoms with Crippen LogP contribution in [0, 0.1) is 16.0 Å². The Labute approximate surface area is 174 Å². The summed E-state index contributed by atoms with van der Waals surface area (Å²) in [6, 6.07) is 9.61. The highest BCUT2D eigenvalue weighted by atomic mass is 32.2. The van der Waals surface area contributed by atoms with Crippen LogP contribution in [0.5, 0.6) is 5.75 Å². The number of benzene rings is 2. The third kappa shape index (κ3) is 4.60. The number of carbonyl (C=O) groups excluding carboxylic acids is 1. The molecule has 1 fully saturated rings. The molecule has 10 heteroatoms. The number of sulfonamides is 1. The number of methoxy groups -OCH3 is 1. The fourth-order valence-electron chi connectivity index (χ4n) is 3.29. The Bertz CT molecular complexity index is 1060. The number of amides is 1. The first-order valence-electron chi connectivity index (χ1n) is 9.46. The Hall–Kier alpha value is -2.98. The molecule has 160 valence electrons. The van der Waals surface area contributed by atoms with Gasteiger partial charge in [0.2, 0.25) is 10.0 Å². The van der Waals surface area contributed by atoms with E-state index in [4.69, 9.17) is 4.74 Å². The number of hydrogen-bond acceptors (Lipinski definition) is 6. The van der Waals surface area contributed by atoms with Gasteiger partial charge in [-0.05, 0) is 43.0 Å². The van der Waals surface area contributed by atoms with E-state index < -0.39 is 20.9 Å². The van der Waals surface area contributed by atoms with Gasteiger partial charge in [0.15, 0.2) is 0 Å². The normalized spacial score (nSPS) is 15.5. The SMILES string of the molecule is COc1ccc(S(=O)(=O)N2CCC(C)CC2)cc1C(=O)Nc1cccc([N+](=O)[O-])c1. The summed E-state index contributed by atoms with van der Waals surface area (Å²) < 4.78 is 32.7. The molecular weight excluding hydrogens is 410 g/mol. The molecule has 9 nitrogen and oxygen atoms in total. The molecule has 2 aromatic rings. The average molecular weight is 433 g/mol. The number of nitro benzene ring substituents is 1. The minimum Gasteiger partial charge on any atom is -0.496 e. The molecule has 30 heavy (non-hydrogen) atoms. The highest BCUT2D eigenvalue weighted by Gasteiger charge is 2.29. The third-order valence-electron chi connectivity index (χ3n) is 5.11. The van der Waals surface area contributed by atoms with Crippen LogP contribution >= 0.6 is 0 Å². The zero-order valence-electron chi connectivity index (χ0n) is 16.7. The zero-order valence-corrected chi connectivity index (χ0v) is 17.5. The summed E-state index contributed by atoms with van der Waals surface area (Å²) in [7, 11) is -2.37. The van der Waals surface area contributed by atoms with Crippen LogP contribution in [-0.4, -0.2) is 43.8 Å². The van der Waals surface area contributed by atoms with E-state index in [1.807, 2.05) is 0 Å². The van der Waals surface area contributed by atoms with Crippen molar-refractivity contribution in [3.63, 3.8) is 0 Å². The minimum absolute atomic E-state index is 0.00189. The van der Waals surface area contributed by atoms with Crippen LogP contribution in [0.3, 0.4) is 0 Å². The molecule has 0 unspecified atom stereocenters. The molecule has 1 N–H and O–H groups in total. The second-order valence-electron chi connectivity index (χ2n) is 7.21. The average Bonchev–Trinajstić information content (AvgIpc) is 2.73. The molecule has 1 saturated heterocycles. The summed E-state index contributed by atoms with van der Waals surface area (Å²) in [5.41, 5.74) is 0.0698. The lowest BCUT2D eigenvalue weighted by atomic mass is 10.0. The Morgan fingerprint density at radius 2 is 1.90 bits per heavy atom. The maximum atomic E-state index is 13.0. The maximum absolute atomic E-state index is 13.0. The molecule has 0 saturated carbocycles. The van der Waals surface area contributed by atoms with Gasteiger partial charge in [0.05, 0.1) is 22.5 Å². The summed E-state index contributed by atoms with van der Waals surface area (Å²) in [5.74, 6) is 0.0457. The molecule has 2 aromatic carbocycles. The van der Waals surface area contributed by atoms with Gasteiger partial charge < -0.3 is 10.1 Å². The van der Waals surface area contributed by atoms with Gasteiger partial charge in [-0.3, -0.25) is 14.9 Å². The van der Waals surface area contributed by atoms with Crippen LogP contribution < -0.4 is 10.1 Å². The van der Waals surface area contributed by atoms with Gasteiger partial charge in [0, 0.05) is 30.9 Å². The van der Waals surface area contributed by atoms with Crippen molar-refractivity contribution in [1.82, 2.24) is 4.31 Å². The lowest BCUT2D eigenvalue weighted by molar-refractivity contribution is -0.384. The molecule has 1 heterocycles. The number of nitrogens with zero attached hydrogens (tertiary/aromatic N) is 2. The van der Waals surface area contributed by atoms with Crippen LogP contribution in [0.15, 0.2) is 47.4 Å². The molecule has 1 aliphatic heterocycles. The predicted octanol–water partition coefficient (Wildman–Crippen LogP) is 3.28. The summed E-state index contributed by atoms with van der Waals surface area (Å²) in [6.45, 7) is 2.96. The van der Waals surface area contributed by atoms with Gasteiger partial charge in [-0.15, -0.1) is 0 Å². The molecule has 1 aliphatic rings. The molecular formula is C20H23N3O6S. The number of carbonyl (C=O) groups is 1. The molecule has 0 radical (unpaired) electrons. The Morgan fingerprint density at radius 1 is 1.20 bits per heavy atom. The van der Waals surface area contributed by atoms with E-state index in [1.54, 1.807) is 0 Å². The number of rotatable bonds is 6. The van der Waals surface area contributed by atoms with Crippen LogP contribution in [0.25, 0.3) is 0 Å². The minimum atomic E-state index is -3.75. The van der Waals surface area contributed by atoms with Crippen molar-refractivity contribution >= 4 is 27.3 Å². The second kappa shape index (κ2) is 8.80. The van der Waals surface area contributed by atoms with Crippen molar-refractivity contribution in [1.29, 1.82) is 0 Å². The molecule has 3 rings (SSSR count). The highest BCUT2D eigenvalue weighted by Crippen LogP contribution is 2.28. The summed E-state index contributed by atoms with van der Waals surface area (Å²) in [4.78, 5) is 23.2. The largest absolute Gasteiger partial charge is 0.496 e. The third-order valence-corrected chi connectivity index (χ3v) is 7.01. The first kappa shape index (κ1) is 21.7. The first-order chi connectivity index (χ1) is 14.2. The lowest BCUT2D eigenvalue weighted by Gasteiger charge is -2.29. The van der Waals surface area contributed by atoms with E-state index in [-0.39, 0.29) is 27.6 Å². The quantitative estimate of drug-likeness (QED) is 0.552. The van der Waals surface area contributed by atoms with Crippen molar-refractivity contribution in [2.24, 2.45) is 5.92 Å². The van der Waals surface area contributed by atoms with Gasteiger partial charge in [0.1, 0.15) is 5.75 Å². The summed E-state index contributed by atoms with van der Waals surface area (Å²) in [6.07, 6.45) is 1.57. The van der Waals surface area contributed by atoms with Gasteiger partial charge in [-0.2, -0.15) is 4.31 Å². The van der Waals surface area contributed by atoms with Crippen molar-refractivity contribution in [3.05, 3.63) is 58.1 Å². The molecule has 0 aromatic heterocycles. The van der Waals surface area contributed by atoms with Gasteiger partial charge in [0.25, 0.3) is 11.6 Å². The van der Waals surface area contributed by atoms with E-state index in [2.05, 4.69) is 12.2 Å². The molecule has 0 atom stereocenters. The fraction of sp³-hybridized carbons (Fsp3) is 0.350. The zero-order chi connectivity index (χ0) is 21.9. The molecule has 1 amide bonds. The fourth-order valence-corrected chi connectivity index (χ4v) is 4.79. The first-order valence-corrected chi connectivity index (χ1v) is 10.9. The Balaban J connectivity index is 1.90. The highest BCUT2D eigenvalue weighted by molar-refractivity contribution is 7.89. The number of ether oxygens (including phenoxy) is 1. The van der Waals surface area contributed by atoms with Gasteiger partial charge in [-0.1, -0.05) is 13.0 Å². The van der Waals surface area contributed by atoms with E-state index in [0.29, 0.717) is 19.0 Å². The van der Waals surface area contributed by atoms with E-state index in [0.717, 1.165) is 12.8 Å². The van der Waals surface area contributed by atoms with Gasteiger partial charge >= 0.3 is 0 Å². The topological polar surface area (TPSA) is 119 Å². The maximum Gasteiger partial charge on any atom is 0.271 e. The predicted molar refractivity (Wildman–Crippen MR) is 111 cm³/mol. The van der Waals surface area contributed by atoms with Crippen LogP contribution in [-0.2, 0) is 10.0 Å². The lowest BCUT2D eigenvalue weighted by Crippen LogP contribution is -2.37. The molecule has 0 aliphatic carbocycles. The molecule has 0 spiro atoms. The van der Waals surface area contributed by atoms with Crippen LogP contribution in [0.2, 0.25) is 0 Å². The van der Waals surface area contributed by atoms with Crippen molar-refractivity contribution in [2.75, 3.05) is 25.5 Å². The summed E-state index contributed by atoms with van der Waals surface area (Å²) in [5, 5.41) is 13.5. The Morgan fingerprint density at radius 3 is 2.53 bits per heavy atom. The van der Waals surface area contributed by atoms with Gasteiger partial charge in [-0.25, -0.2) is 8.42 Å². The van der Waals surface area contributed by atoms with E-state index in [9.17, 15) is 23.3 Å². The Kier molecular flexibility index (Phi) is 6.37. The number of hydrogen-bond donors (Lipinski definition) is 1. The monoisotopic (exact) mass is 433 g/mol. The van der Waals surface area contributed by atoms with Crippen LogP contribution in [0.1, 0.15) is 30.1 Å². The number of nitrogens with one attached hydrogen (secondary N) is 1. The molecule has 0 bridgehead atoms. The number of non-ortho nitro benzene ring substituents is 1. The number of nitro groups is 1. The van der Waals surface area contributed by atoms with Crippen molar-refractivity contribution in [3.8, 4) is 5.75 Å². The standard InChI is InChI=1S/C20H23N3O6S/c1-14-8-10-22(11-9-14)30(27,28)17-6-7-19(29-2)18(13-17)20(24)21-15-4-3-5-16(12-15)23(25)26/h3-7,12-14H,8-11H2,1-2H3,(H,21,24). The van der Waals surface area contributed by atoms with Crippen LogP contribution in [0.4, 0.5) is 11.4 Å². The number of piperidine rings is 1.